The molecular formula is C14H16O3. The summed E-state index contributed by atoms with van der Waals surface area (Å²) in [5, 5.41) is 8.97. The highest BCUT2D eigenvalue weighted by molar-refractivity contribution is 5.90. The van der Waals surface area contributed by atoms with Gasteiger partial charge in [-0.1, -0.05) is 13.5 Å². The number of hydrogen-bond acceptors (Lipinski definition) is 2. The predicted molar refractivity (Wildman–Crippen MR) is 66.3 cm³/mol. The number of benzene rings is 1. The molecule has 0 spiro atoms. The Labute approximate surface area is 101 Å². The second-order valence-corrected chi connectivity index (χ2v) is 4.97. The number of carboxylic acids is 1. The minimum absolute atomic E-state index is 0.152. The Morgan fingerprint density at radius 3 is 2.71 bits per heavy atom. The maximum Gasteiger partial charge on any atom is 0.335 e. The fraction of sp³-hybridized carbons (Fsp3) is 0.357. The summed E-state index contributed by atoms with van der Waals surface area (Å²) in [5.74, 6) is -0.0692. The van der Waals surface area contributed by atoms with Crippen molar-refractivity contribution in [2.75, 3.05) is 0 Å². The van der Waals surface area contributed by atoms with Crippen LogP contribution in [0.3, 0.4) is 0 Å². The number of rotatable bonds is 1. The maximum absolute atomic E-state index is 10.9. The van der Waals surface area contributed by atoms with Crippen LogP contribution in [-0.2, 0) is 0 Å². The summed E-state index contributed by atoms with van der Waals surface area (Å²) in [6, 6.07) is 4.89. The molecule has 1 aliphatic rings. The molecule has 1 N–H and O–H groups in total. The van der Waals surface area contributed by atoms with E-state index in [9.17, 15) is 4.79 Å². The van der Waals surface area contributed by atoms with Gasteiger partial charge >= 0.3 is 5.97 Å². The summed E-state index contributed by atoms with van der Waals surface area (Å²) in [6.07, 6.45) is 0. The standard InChI is InChI=1S/C14H16O3/c1-8-9(2)14(3,4)17-12-6-5-10(13(15)16)7-11(8)12/h5-7,9H,1H2,2-4H3,(H,15,16). The summed E-state index contributed by atoms with van der Waals surface area (Å²) in [7, 11) is 0. The molecule has 0 aromatic heterocycles. The lowest BCUT2D eigenvalue weighted by molar-refractivity contribution is 0.0666. The number of carboxylic acid groups (broad SMARTS) is 1. The zero-order valence-electron chi connectivity index (χ0n) is 10.3. The molecule has 1 aromatic rings. The van der Waals surface area contributed by atoms with E-state index in [2.05, 4.69) is 6.58 Å². The van der Waals surface area contributed by atoms with Crippen molar-refractivity contribution < 1.29 is 14.6 Å². The fourth-order valence-corrected chi connectivity index (χ4v) is 2.03. The van der Waals surface area contributed by atoms with Gasteiger partial charge in [0.2, 0.25) is 0 Å². The Morgan fingerprint density at radius 1 is 1.47 bits per heavy atom. The number of ether oxygens (including phenoxy) is 1. The first kappa shape index (κ1) is 11.7. The quantitative estimate of drug-likeness (QED) is 0.808. The number of fused-ring (bicyclic) bond motifs is 1. The SMILES string of the molecule is C=C1c2cc(C(=O)O)ccc2OC(C)(C)C1C. The summed E-state index contributed by atoms with van der Waals surface area (Å²) in [5.41, 5.74) is 1.69. The molecule has 17 heavy (non-hydrogen) atoms. The van der Waals surface area contributed by atoms with E-state index in [1.807, 2.05) is 20.8 Å². The molecule has 1 aromatic carbocycles. The number of hydrogen-bond donors (Lipinski definition) is 1. The topological polar surface area (TPSA) is 46.5 Å². The van der Waals surface area contributed by atoms with Crippen molar-refractivity contribution in [3.8, 4) is 5.75 Å². The Morgan fingerprint density at radius 2 is 2.12 bits per heavy atom. The highest BCUT2D eigenvalue weighted by Crippen LogP contribution is 2.43. The third-order valence-corrected chi connectivity index (χ3v) is 3.51. The lowest BCUT2D eigenvalue weighted by atomic mass is 9.80. The summed E-state index contributed by atoms with van der Waals surface area (Å²) in [4.78, 5) is 10.9. The molecule has 3 nitrogen and oxygen atoms in total. The van der Waals surface area contributed by atoms with Crippen LogP contribution in [0, 0.1) is 5.92 Å². The van der Waals surface area contributed by atoms with Gasteiger partial charge < -0.3 is 9.84 Å². The second kappa shape index (κ2) is 3.62. The van der Waals surface area contributed by atoms with Crippen LogP contribution in [-0.4, -0.2) is 16.7 Å². The van der Waals surface area contributed by atoms with Crippen molar-refractivity contribution in [3.05, 3.63) is 35.9 Å². The van der Waals surface area contributed by atoms with Crippen molar-refractivity contribution in [1.82, 2.24) is 0 Å². The molecule has 0 radical (unpaired) electrons. The molecule has 0 bridgehead atoms. The van der Waals surface area contributed by atoms with Crippen LogP contribution in [0.1, 0.15) is 36.7 Å². The molecule has 2 rings (SSSR count). The summed E-state index contributed by atoms with van der Waals surface area (Å²) < 4.78 is 5.88. The highest BCUT2D eigenvalue weighted by Gasteiger charge is 2.36. The lowest BCUT2D eigenvalue weighted by Gasteiger charge is -2.39. The van der Waals surface area contributed by atoms with Gasteiger partial charge in [0.15, 0.2) is 0 Å². The Bertz CT molecular complexity index is 500. The van der Waals surface area contributed by atoms with Crippen LogP contribution < -0.4 is 4.74 Å². The minimum Gasteiger partial charge on any atom is -0.487 e. The van der Waals surface area contributed by atoms with Gasteiger partial charge in [0, 0.05) is 11.5 Å². The third kappa shape index (κ3) is 1.82. The normalized spacial score (nSPS) is 21.6. The minimum atomic E-state index is -0.932. The average Bonchev–Trinajstić information content (AvgIpc) is 2.25. The first-order valence-electron chi connectivity index (χ1n) is 5.58. The third-order valence-electron chi connectivity index (χ3n) is 3.51. The molecular weight excluding hydrogens is 216 g/mol. The van der Waals surface area contributed by atoms with E-state index in [1.54, 1.807) is 18.2 Å². The van der Waals surface area contributed by atoms with E-state index in [-0.39, 0.29) is 17.1 Å². The van der Waals surface area contributed by atoms with Gasteiger partial charge in [-0.2, -0.15) is 0 Å². The largest absolute Gasteiger partial charge is 0.487 e. The van der Waals surface area contributed by atoms with Crippen molar-refractivity contribution in [2.45, 2.75) is 26.4 Å². The second-order valence-electron chi connectivity index (χ2n) is 4.97. The van der Waals surface area contributed by atoms with Crippen LogP contribution in [0.4, 0.5) is 0 Å². The van der Waals surface area contributed by atoms with Gasteiger partial charge in [-0.25, -0.2) is 4.79 Å². The zero-order valence-corrected chi connectivity index (χ0v) is 10.3. The Hall–Kier alpha value is -1.77. The smallest absolute Gasteiger partial charge is 0.335 e. The maximum atomic E-state index is 10.9. The van der Waals surface area contributed by atoms with Crippen LogP contribution >= 0.6 is 0 Å². The molecule has 0 fully saturated rings. The van der Waals surface area contributed by atoms with Crippen LogP contribution in [0.2, 0.25) is 0 Å². The van der Waals surface area contributed by atoms with Crippen molar-refractivity contribution in [1.29, 1.82) is 0 Å². The van der Waals surface area contributed by atoms with Crippen molar-refractivity contribution in [3.63, 3.8) is 0 Å². The Kier molecular flexibility index (Phi) is 2.49. The Balaban J connectivity index is 2.54. The van der Waals surface area contributed by atoms with Crippen LogP contribution in [0.5, 0.6) is 5.75 Å². The van der Waals surface area contributed by atoms with Crippen molar-refractivity contribution >= 4 is 11.5 Å². The van der Waals surface area contributed by atoms with Crippen molar-refractivity contribution in [2.24, 2.45) is 5.92 Å². The van der Waals surface area contributed by atoms with E-state index >= 15 is 0 Å². The number of aromatic carboxylic acids is 1. The van der Waals surface area contributed by atoms with Crippen LogP contribution in [0.15, 0.2) is 24.8 Å². The molecule has 0 saturated heterocycles. The number of carbonyl (C=O) groups is 1. The summed E-state index contributed by atoms with van der Waals surface area (Å²) in [6.45, 7) is 10.1. The lowest BCUT2D eigenvalue weighted by Crippen LogP contribution is -2.39. The van der Waals surface area contributed by atoms with E-state index in [0.717, 1.165) is 11.1 Å². The van der Waals surface area contributed by atoms with Gasteiger partial charge in [0.05, 0.1) is 5.56 Å². The molecule has 3 heteroatoms. The van der Waals surface area contributed by atoms with Gasteiger partial charge in [0.1, 0.15) is 11.4 Å². The van der Waals surface area contributed by atoms with Gasteiger partial charge in [-0.15, -0.1) is 0 Å². The molecule has 0 amide bonds. The molecule has 0 saturated carbocycles. The van der Waals surface area contributed by atoms with Gasteiger partial charge in [-0.3, -0.25) is 0 Å². The van der Waals surface area contributed by atoms with Crippen LogP contribution in [0.25, 0.3) is 5.57 Å². The summed E-state index contributed by atoms with van der Waals surface area (Å²) >= 11 is 0. The molecule has 1 aliphatic heterocycles. The van der Waals surface area contributed by atoms with E-state index in [1.165, 1.54) is 0 Å². The molecule has 0 aliphatic carbocycles. The van der Waals surface area contributed by atoms with E-state index in [4.69, 9.17) is 9.84 Å². The molecule has 1 unspecified atom stereocenters. The monoisotopic (exact) mass is 232 g/mol. The average molecular weight is 232 g/mol. The molecule has 1 atom stereocenters. The molecule has 1 heterocycles. The van der Waals surface area contributed by atoms with Gasteiger partial charge in [-0.05, 0) is 37.6 Å². The predicted octanol–water partition coefficient (Wildman–Crippen LogP) is 3.21. The van der Waals surface area contributed by atoms with Gasteiger partial charge in [0.25, 0.3) is 0 Å². The van der Waals surface area contributed by atoms with E-state index < -0.39 is 5.97 Å². The fourth-order valence-electron chi connectivity index (χ4n) is 2.03. The highest BCUT2D eigenvalue weighted by atomic mass is 16.5. The molecule has 90 valence electrons. The first-order chi connectivity index (χ1) is 7.83. The first-order valence-corrected chi connectivity index (χ1v) is 5.58. The zero-order chi connectivity index (χ0) is 12.8. The van der Waals surface area contributed by atoms with E-state index in [0.29, 0.717) is 5.75 Å².